The van der Waals surface area contributed by atoms with Crippen LogP contribution in [-0.4, -0.2) is 10.9 Å². The molecule has 134 valence electrons. The molecule has 3 rings (SSSR count). The molecule has 0 unspecified atom stereocenters. The highest BCUT2D eigenvalue weighted by Gasteiger charge is 2.15. The van der Waals surface area contributed by atoms with Crippen LogP contribution in [0.2, 0.25) is 0 Å². The molecule has 3 aromatic rings. The number of hydrogen-bond donors (Lipinski definition) is 2. The maximum Gasteiger partial charge on any atom is 0.263 e. The number of amides is 1. The van der Waals surface area contributed by atoms with E-state index in [2.05, 4.69) is 47.7 Å². The van der Waals surface area contributed by atoms with Gasteiger partial charge in [0.2, 0.25) is 0 Å². The maximum absolute atomic E-state index is 12.5. The number of carbonyl (C=O) groups excluding carboxylic acids is 1. The first-order chi connectivity index (χ1) is 12.4. The van der Waals surface area contributed by atoms with E-state index in [0.717, 1.165) is 27.6 Å². The van der Waals surface area contributed by atoms with Crippen molar-refractivity contribution in [2.24, 2.45) is 0 Å². The zero-order valence-corrected chi connectivity index (χ0v) is 16.3. The molecule has 2 N–H and O–H groups in total. The summed E-state index contributed by atoms with van der Waals surface area (Å²) in [6.07, 6.45) is 0. The van der Waals surface area contributed by atoms with Crippen molar-refractivity contribution < 1.29 is 4.79 Å². The van der Waals surface area contributed by atoms with Crippen molar-refractivity contribution >= 4 is 28.1 Å². The third-order valence-corrected chi connectivity index (χ3v) is 5.23. The molecule has 0 bridgehead atoms. The fraction of sp³-hybridized carbons (Fsp3) is 0.238. The van der Waals surface area contributed by atoms with Gasteiger partial charge in [0.1, 0.15) is 4.88 Å². The first-order valence-corrected chi connectivity index (χ1v) is 9.39. The van der Waals surface area contributed by atoms with Crippen molar-refractivity contribution in [3.8, 4) is 0 Å². The number of hydrogen-bond acceptors (Lipinski definition) is 4. The fourth-order valence-corrected chi connectivity index (χ4v) is 3.71. The summed E-state index contributed by atoms with van der Waals surface area (Å²) in [7, 11) is 0. The number of rotatable bonds is 5. The van der Waals surface area contributed by atoms with Gasteiger partial charge in [-0.25, -0.2) is 4.98 Å². The first kappa shape index (κ1) is 18.1. The standard InChI is InChI=1S/C21H23N3OS/c1-13-6-5-7-17(11-13)12-22-20(25)19-16(4)23-21(26-19)24-18-9-8-14(2)10-15(18)3/h5-11H,12H2,1-4H3,(H,22,25)(H,23,24). The Labute approximate surface area is 158 Å². The van der Waals surface area contributed by atoms with Gasteiger partial charge in [-0.1, -0.05) is 58.9 Å². The third kappa shape index (κ3) is 4.29. The van der Waals surface area contributed by atoms with Gasteiger partial charge in [-0.2, -0.15) is 0 Å². The molecule has 0 radical (unpaired) electrons. The molecule has 0 aliphatic heterocycles. The Morgan fingerprint density at radius 2 is 1.81 bits per heavy atom. The number of aryl methyl sites for hydroxylation is 4. The van der Waals surface area contributed by atoms with Gasteiger partial charge in [-0.05, 0) is 44.9 Å². The predicted molar refractivity (Wildman–Crippen MR) is 108 cm³/mol. The zero-order chi connectivity index (χ0) is 18.7. The fourth-order valence-electron chi connectivity index (χ4n) is 2.81. The molecule has 2 aromatic carbocycles. The number of carbonyl (C=O) groups is 1. The Bertz CT molecular complexity index is 946. The van der Waals surface area contributed by atoms with E-state index in [1.807, 2.05) is 38.1 Å². The van der Waals surface area contributed by atoms with E-state index in [4.69, 9.17) is 0 Å². The van der Waals surface area contributed by atoms with Crippen LogP contribution in [0.4, 0.5) is 10.8 Å². The molecule has 4 nitrogen and oxygen atoms in total. The van der Waals surface area contributed by atoms with Gasteiger partial charge >= 0.3 is 0 Å². The lowest BCUT2D eigenvalue weighted by Crippen LogP contribution is -2.22. The highest BCUT2D eigenvalue weighted by atomic mass is 32.1. The van der Waals surface area contributed by atoms with Gasteiger partial charge in [0.15, 0.2) is 5.13 Å². The summed E-state index contributed by atoms with van der Waals surface area (Å²) in [6.45, 7) is 8.55. The van der Waals surface area contributed by atoms with Crippen LogP contribution in [-0.2, 0) is 6.54 Å². The number of thiazole rings is 1. The summed E-state index contributed by atoms with van der Waals surface area (Å²) in [5.74, 6) is -0.0878. The Morgan fingerprint density at radius 3 is 2.54 bits per heavy atom. The molecule has 1 heterocycles. The van der Waals surface area contributed by atoms with Crippen LogP contribution in [0.5, 0.6) is 0 Å². The quantitative estimate of drug-likeness (QED) is 0.665. The lowest BCUT2D eigenvalue weighted by atomic mass is 10.1. The first-order valence-electron chi connectivity index (χ1n) is 8.58. The van der Waals surface area contributed by atoms with E-state index >= 15 is 0 Å². The largest absolute Gasteiger partial charge is 0.347 e. The lowest BCUT2D eigenvalue weighted by Gasteiger charge is -2.07. The number of nitrogens with zero attached hydrogens (tertiary/aromatic N) is 1. The highest BCUT2D eigenvalue weighted by molar-refractivity contribution is 7.17. The Balaban J connectivity index is 1.70. The second-order valence-corrected chi connectivity index (χ2v) is 7.55. The van der Waals surface area contributed by atoms with Crippen molar-refractivity contribution in [1.82, 2.24) is 10.3 Å². The molecule has 0 aliphatic rings. The maximum atomic E-state index is 12.5. The minimum atomic E-state index is -0.0878. The average molecular weight is 366 g/mol. The summed E-state index contributed by atoms with van der Waals surface area (Å²) in [5, 5.41) is 7.04. The van der Waals surface area contributed by atoms with Gasteiger partial charge in [0.25, 0.3) is 5.91 Å². The van der Waals surface area contributed by atoms with Crippen LogP contribution in [0.25, 0.3) is 0 Å². The van der Waals surface area contributed by atoms with E-state index < -0.39 is 0 Å². The van der Waals surface area contributed by atoms with Gasteiger partial charge in [-0.3, -0.25) is 4.79 Å². The van der Waals surface area contributed by atoms with Gasteiger partial charge in [0.05, 0.1) is 5.69 Å². The molecule has 0 aliphatic carbocycles. The van der Waals surface area contributed by atoms with E-state index in [9.17, 15) is 4.79 Å². The summed E-state index contributed by atoms with van der Waals surface area (Å²) in [6, 6.07) is 14.4. The summed E-state index contributed by atoms with van der Waals surface area (Å²) in [4.78, 5) is 17.7. The summed E-state index contributed by atoms with van der Waals surface area (Å²) in [5.41, 5.74) is 6.41. The molecule has 0 saturated carbocycles. The predicted octanol–water partition coefficient (Wildman–Crippen LogP) is 5.05. The molecule has 0 spiro atoms. The Morgan fingerprint density at radius 1 is 1.04 bits per heavy atom. The molecule has 0 saturated heterocycles. The monoisotopic (exact) mass is 365 g/mol. The number of anilines is 2. The normalized spacial score (nSPS) is 10.6. The van der Waals surface area contributed by atoms with Gasteiger partial charge < -0.3 is 10.6 Å². The van der Waals surface area contributed by atoms with Crippen molar-refractivity contribution in [2.75, 3.05) is 5.32 Å². The molecule has 1 aromatic heterocycles. The highest BCUT2D eigenvalue weighted by Crippen LogP contribution is 2.27. The van der Waals surface area contributed by atoms with Gasteiger partial charge in [0, 0.05) is 12.2 Å². The summed E-state index contributed by atoms with van der Waals surface area (Å²) < 4.78 is 0. The minimum absolute atomic E-state index is 0.0878. The van der Waals surface area contributed by atoms with Crippen LogP contribution in [0.15, 0.2) is 42.5 Å². The average Bonchev–Trinajstić information content (AvgIpc) is 2.96. The van der Waals surface area contributed by atoms with Crippen molar-refractivity contribution in [2.45, 2.75) is 34.2 Å². The molecular weight excluding hydrogens is 342 g/mol. The number of benzene rings is 2. The smallest absolute Gasteiger partial charge is 0.263 e. The van der Waals surface area contributed by atoms with Crippen LogP contribution in [0.1, 0.15) is 37.6 Å². The summed E-state index contributed by atoms with van der Waals surface area (Å²) >= 11 is 1.38. The third-order valence-electron chi connectivity index (χ3n) is 4.16. The van der Waals surface area contributed by atoms with Crippen LogP contribution in [0, 0.1) is 27.7 Å². The zero-order valence-electron chi connectivity index (χ0n) is 15.5. The van der Waals surface area contributed by atoms with Crippen molar-refractivity contribution in [3.05, 3.63) is 75.3 Å². The Kier molecular flexibility index (Phi) is 5.38. The minimum Gasteiger partial charge on any atom is -0.347 e. The van der Waals surface area contributed by atoms with Crippen molar-refractivity contribution in [3.63, 3.8) is 0 Å². The van der Waals surface area contributed by atoms with Crippen LogP contribution < -0.4 is 10.6 Å². The van der Waals surface area contributed by atoms with Crippen molar-refractivity contribution in [1.29, 1.82) is 0 Å². The topological polar surface area (TPSA) is 54.0 Å². The SMILES string of the molecule is Cc1cccc(CNC(=O)c2sc(Nc3ccc(C)cc3C)nc2C)c1. The molecule has 0 atom stereocenters. The van der Waals surface area contributed by atoms with E-state index in [1.54, 1.807) is 0 Å². The molecular formula is C21H23N3OS. The molecule has 26 heavy (non-hydrogen) atoms. The molecule has 1 amide bonds. The molecule has 0 fully saturated rings. The Hall–Kier alpha value is -2.66. The number of nitrogens with one attached hydrogen (secondary N) is 2. The van der Waals surface area contributed by atoms with Crippen LogP contribution in [0.3, 0.4) is 0 Å². The molecule has 5 heteroatoms. The van der Waals surface area contributed by atoms with E-state index in [1.165, 1.54) is 22.5 Å². The second-order valence-electron chi connectivity index (χ2n) is 6.55. The second kappa shape index (κ2) is 7.70. The van der Waals surface area contributed by atoms with Crippen LogP contribution >= 0.6 is 11.3 Å². The van der Waals surface area contributed by atoms with Gasteiger partial charge in [-0.15, -0.1) is 0 Å². The number of aromatic nitrogens is 1. The van der Waals surface area contributed by atoms with E-state index in [-0.39, 0.29) is 5.91 Å². The lowest BCUT2D eigenvalue weighted by molar-refractivity contribution is 0.0954. The van der Waals surface area contributed by atoms with E-state index in [0.29, 0.717) is 11.4 Å².